The molecule has 0 atom stereocenters. The van der Waals surface area contributed by atoms with E-state index in [9.17, 15) is 22.8 Å². The molecule has 0 N–H and O–H groups in total. The van der Waals surface area contributed by atoms with Crippen LogP contribution in [0.15, 0.2) is 468 Å². The summed E-state index contributed by atoms with van der Waals surface area (Å²) < 4.78 is 65.1. The normalized spacial score (nSPS) is 9.62. The Balaban J connectivity index is 0. The second kappa shape index (κ2) is 72.5. The molecule has 15 aromatic rings. The average molecular weight is 1760 g/mol. The van der Waals surface area contributed by atoms with Crippen molar-refractivity contribution in [3.8, 4) is 11.1 Å². The monoisotopic (exact) mass is 1760 g/mol. The van der Waals surface area contributed by atoms with Crippen molar-refractivity contribution in [3.63, 3.8) is 0 Å². The number of rotatable bonds is 15. The van der Waals surface area contributed by atoms with E-state index in [-0.39, 0.29) is 0 Å². The van der Waals surface area contributed by atoms with Crippen LogP contribution in [0.5, 0.6) is 0 Å². The summed E-state index contributed by atoms with van der Waals surface area (Å²) in [6.07, 6.45) is 2.24. The zero-order chi connectivity index (χ0) is 93.9. The van der Waals surface area contributed by atoms with Crippen molar-refractivity contribution >= 4 is 105 Å². The Bertz CT molecular complexity index is 4800. The summed E-state index contributed by atoms with van der Waals surface area (Å²) in [5.74, 6) is 1.57. The van der Waals surface area contributed by atoms with Gasteiger partial charge >= 0.3 is 0 Å². The van der Waals surface area contributed by atoms with Crippen LogP contribution in [-0.4, -0.2) is 19.5 Å². The molecule has 0 saturated heterocycles. The summed E-state index contributed by atoms with van der Waals surface area (Å²) in [5.41, 5.74) is 2.55. The van der Waals surface area contributed by atoms with E-state index in [0.29, 0.717) is 6.16 Å². The molecule has 0 spiro atoms. The lowest BCUT2D eigenvalue weighted by Crippen LogP contribution is -2.24. The van der Waals surface area contributed by atoms with E-state index >= 15 is 0 Å². The molecule has 662 valence electrons. The number of hydrogen-bond donors (Lipinski definition) is 0. The van der Waals surface area contributed by atoms with Crippen molar-refractivity contribution < 1.29 is 22.8 Å². The van der Waals surface area contributed by atoms with Crippen molar-refractivity contribution in [3.05, 3.63) is 468 Å². The third kappa shape index (κ3) is 39.5. The largest absolute Gasteiger partial charge is 0.314 e. The Kier molecular flexibility index (Phi) is 67.4. The van der Waals surface area contributed by atoms with Crippen molar-refractivity contribution in [2.75, 3.05) is 19.5 Å². The molecule has 0 saturated carbocycles. The molecular weight excluding hydrogens is 1620 g/mol. The molecule has 0 radical (unpaired) electrons. The standard InChI is InChI=1S/C18H15OP.C15H15OP.C14H13OP.2C13H13OP.C12H10.C10H8.10C2H6/c19-20(16-10-4-1-5-11-16,17-12-6-2-7-13-17)18-14-8-3-9-15-18;1-2-13-17(16,14-9-5-3-6-10-14)15-11-7-4-8-12-15;1-2-16(15,13-9-5-3-6-10-13)14-11-7-4-8-12-14;2*1-15(14,12-8-4-2-5-9-12)13-10-6-3-7-11-13;1-3-7-11(8-4-1)12-9-5-2-6-10-12;1-2-6-10-8-4-3-7-9(10)5-1;10*1-2/h1-15H;2-12H,1,13H2;2-12H,1H2;2*2-11H,1H3;1-10H;1-8H;10*1-2H3. The minimum atomic E-state index is -2.78. The average Bonchev–Trinajstić information content (AvgIpc) is 0.765. The van der Waals surface area contributed by atoms with Crippen LogP contribution in [0.4, 0.5) is 0 Å². The van der Waals surface area contributed by atoms with E-state index in [1.807, 2.05) is 498 Å². The maximum absolute atomic E-state index is 13.8. The SMILES string of the molecule is C=CCP(=O)(c1ccccc1)c1ccccc1.C=CP(=O)(c1ccccc1)c1ccccc1.CC.CC.CC.CC.CC.CC.CC.CC.CC.CC.CP(=O)(c1ccccc1)c1ccccc1.CP(=O)(c1ccccc1)c1ccccc1.O=P(c1ccccc1)(c1ccccc1)c1ccccc1.c1ccc(-c2ccccc2)cc1.c1ccc2ccccc2c1. The maximum atomic E-state index is 13.8. The van der Waals surface area contributed by atoms with Gasteiger partial charge in [0.15, 0.2) is 14.3 Å². The summed E-state index contributed by atoms with van der Waals surface area (Å²) in [5, 5.41) is 12.3. The number of allylic oxidation sites excluding steroid dienone is 1. The van der Waals surface area contributed by atoms with Gasteiger partial charge < -0.3 is 22.8 Å². The molecule has 0 unspecified atom stereocenters. The maximum Gasteiger partial charge on any atom is 0.171 e. The van der Waals surface area contributed by atoms with Gasteiger partial charge in [0.05, 0.1) is 0 Å². The lowest BCUT2D eigenvalue weighted by atomic mass is 10.1. The van der Waals surface area contributed by atoms with Gasteiger partial charge in [-0.05, 0) is 41.0 Å². The molecule has 0 fully saturated rings. The van der Waals surface area contributed by atoms with Crippen LogP contribution in [0.25, 0.3) is 21.9 Å². The highest BCUT2D eigenvalue weighted by atomic mass is 31.2. The fourth-order valence-electron chi connectivity index (χ4n) is 11.4. The summed E-state index contributed by atoms with van der Waals surface area (Å²) in [4.78, 5) is 0. The molecule has 0 heterocycles. The summed E-state index contributed by atoms with van der Waals surface area (Å²) >= 11 is 0. The fraction of sp³-hybridized carbons (Fsp3) is 0.200. The summed E-state index contributed by atoms with van der Waals surface area (Å²) in [6, 6.07) is 143. The summed E-state index contributed by atoms with van der Waals surface area (Å²) in [6.45, 7) is 51.1. The Morgan fingerprint density at radius 1 is 0.192 bits per heavy atom. The van der Waals surface area contributed by atoms with Gasteiger partial charge in [0.25, 0.3) is 0 Å². The van der Waals surface area contributed by atoms with Crippen LogP contribution in [-0.2, 0) is 22.8 Å². The predicted octanol–water partition coefficient (Wildman–Crippen LogP) is 31.4. The minimum Gasteiger partial charge on any atom is -0.314 e. The molecule has 10 heteroatoms. The van der Waals surface area contributed by atoms with Crippen molar-refractivity contribution in [1.82, 2.24) is 0 Å². The predicted molar refractivity (Wildman–Crippen MR) is 571 cm³/mol. The third-order valence-corrected chi connectivity index (χ3v) is 31.1. The summed E-state index contributed by atoms with van der Waals surface area (Å²) in [7, 11) is -12.8. The zero-order valence-corrected chi connectivity index (χ0v) is 83.7. The molecule has 0 aliphatic heterocycles. The van der Waals surface area contributed by atoms with Gasteiger partial charge in [0, 0.05) is 64.5 Å². The lowest BCUT2D eigenvalue weighted by Gasteiger charge is -2.19. The smallest absolute Gasteiger partial charge is 0.171 e. The first kappa shape index (κ1) is 116. The van der Waals surface area contributed by atoms with Crippen molar-refractivity contribution in [2.45, 2.75) is 138 Å². The van der Waals surface area contributed by atoms with Crippen LogP contribution in [0.2, 0.25) is 0 Å². The Morgan fingerprint density at radius 3 is 0.504 bits per heavy atom. The van der Waals surface area contributed by atoms with Crippen molar-refractivity contribution in [2.24, 2.45) is 0 Å². The molecule has 0 bridgehead atoms. The topological polar surface area (TPSA) is 85.3 Å². The Labute approximate surface area is 759 Å². The van der Waals surface area contributed by atoms with Gasteiger partial charge in [-0.3, -0.25) is 0 Å². The third-order valence-electron chi connectivity index (χ3n) is 17.2. The van der Waals surface area contributed by atoms with Gasteiger partial charge in [-0.25, -0.2) is 0 Å². The van der Waals surface area contributed by atoms with Gasteiger partial charge in [-0.15, -0.1) is 6.58 Å². The first-order valence-electron chi connectivity index (χ1n) is 44.6. The number of fused-ring (bicyclic) bond motifs is 1. The quantitative estimate of drug-likeness (QED) is 0.0754. The first-order chi connectivity index (χ1) is 61.2. The molecule has 0 amide bonds. The highest BCUT2D eigenvalue weighted by Gasteiger charge is 2.30. The lowest BCUT2D eigenvalue weighted by molar-refractivity contribution is 0.588. The fourth-order valence-corrected chi connectivity index (χ4v) is 22.0. The minimum absolute atomic E-state index is 0.501. The van der Waals surface area contributed by atoms with Gasteiger partial charge in [0.1, 0.15) is 21.4 Å². The second-order valence-electron chi connectivity index (χ2n) is 24.3. The highest BCUT2D eigenvalue weighted by molar-refractivity contribution is 7.85. The molecule has 0 aliphatic carbocycles. The number of hydrogen-bond acceptors (Lipinski definition) is 5. The van der Waals surface area contributed by atoms with Crippen LogP contribution < -0.4 is 58.3 Å². The molecular formula is C115H147O5P5. The van der Waals surface area contributed by atoms with E-state index in [1.165, 1.54) is 21.9 Å². The van der Waals surface area contributed by atoms with Gasteiger partial charge in [0.2, 0.25) is 0 Å². The van der Waals surface area contributed by atoms with E-state index in [2.05, 4.69) is 110 Å². The van der Waals surface area contributed by atoms with Crippen molar-refractivity contribution in [1.29, 1.82) is 0 Å². The Hall–Kier alpha value is -10.8. The highest BCUT2D eigenvalue weighted by Crippen LogP contribution is 2.46. The zero-order valence-electron chi connectivity index (χ0n) is 79.2. The molecule has 15 rings (SSSR count). The molecule has 125 heavy (non-hydrogen) atoms. The van der Waals surface area contributed by atoms with Gasteiger partial charge in [-0.1, -0.05) is 594 Å². The first-order valence-corrected chi connectivity index (χ1v) is 54.2. The van der Waals surface area contributed by atoms with Crippen LogP contribution >= 0.6 is 35.7 Å². The number of benzene rings is 15. The molecule has 0 aromatic heterocycles. The van der Waals surface area contributed by atoms with E-state index in [1.54, 1.807) is 11.9 Å². The van der Waals surface area contributed by atoms with E-state index in [0.717, 1.165) is 58.3 Å². The van der Waals surface area contributed by atoms with Crippen LogP contribution in [0, 0.1) is 0 Å². The second-order valence-corrected chi connectivity index (χ2v) is 38.4. The van der Waals surface area contributed by atoms with Crippen LogP contribution in [0.3, 0.4) is 0 Å². The van der Waals surface area contributed by atoms with Gasteiger partial charge in [-0.2, -0.15) is 0 Å². The Morgan fingerprint density at radius 2 is 0.336 bits per heavy atom. The van der Waals surface area contributed by atoms with E-state index < -0.39 is 35.7 Å². The molecule has 0 aliphatic rings. The van der Waals surface area contributed by atoms with Crippen LogP contribution in [0.1, 0.15) is 138 Å². The van der Waals surface area contributed by atoms with E-state index in [4.69, 9.17) is 0 Å². The molecule has 15 aromatic carbocycles. The molecule has 5 nitrogen and oxygen atoms in total.